The van der Waals surface area contributed by atoms with Gasteiger partial charge in [0.1, 0.15) is 0 Å². The van der Waals surface area contributed by atoms with E-state index in [1.54, 1.807) is 0 Å². The molecule has 4 rings (SSSR count). The number of nitrogens with one attached hydrogen (secondary N) is 2. The normalized spacial score (nSPS) is 31.5. The van der Waals surface area contributed by atoms with Crippen molar-refractivity contribution in [1.82, 2.24) is 10.2 Å². The van der Waals surface area contributed by atoms with E-state index in [1.807, 2.05) is 30.3 Å². The smallest absolute Gasteiger partial charge is 0.319 e. The first-order valence-corrected chi connectivity index (χ1v) is 8.69. The van der Waals surface area contributed by atoms with Crippen LogP contribution in [-0.4, -0.2) is 35.1 Å². The fourth-order valence-corrected chi connectivity index (χ4v) is 4.38. The molecule has 4 heteroatoms. The van der Waals surface area contributed by atoms with Gasteiger partial charge in [0.05, 0.1) is 0 Å². The van der Waals surface area contributed by atoms with Crippen LogP contribution >= 0.6 is 0 Å². The molecule has 2 atom stereocenters. The number of urea groups is 1. The highest BCUT2D eigenvalue weighted by atomic mass is 16.2. The summed E-state index contributed by atoms with van der Waals surface area (Å²) in [6.07, 6.45) is 9.00. The first-order valence-electron chi connectivity index (χ1n) is 8.69. The molecule has 4 nitrogen and oxygen atoms in total. The summed E-state index contributed by atoms with van der Waals surface area (Å²) in [5.41, 5.74) is 0.857. The first-order chi connectivity index (χ1) is 10.8. The summed E-state index contributed by atoms with van der Waals surface area (Å²) in [5.74, 6) is 0. The Hall–Kier alpha value is -1.55. The number of nitrogens with zero attached hydrogens (tertiary/aromatic N) is 1. The van der Waals surface area contributed by atoms with Crippen LogP contribution in [0.3, 0.4) is 0 Å². The van der Waals surface area contributed by atoms with Crippen molar-refractivity contribution in [3.05, 3.63) is 30.3 Å². The number of fused-ring (bicyclic) bond motifs is 2. The van der Waals surface area contributed by atoms with Gasteiger partial charge in [0.25, 0.3) is 0 Å². The fourth-order valence-electron chi connectivity index (χ4n) is 4.38. The van der Waals surface area contributed by atoms with Gasteiger partial charge in [0, 0.05) is 29.9 Å². The molecule has 2 heterocycles. The lowest BCUT2D eigenvalue weighted by atomic mass is 9.81. The number of carbonyl (C=O) groups is 1. The lowest BCUT2D eigenvalue weighted by molar-refractivity contribution is 0.0198. The minimum atomic E-state index is -0.0610. The molecule has 0 aromatic heterocycles. The number of hydrogen-bond donors (Lipinski definition) is 2. The van der Waals surface area contributed by atoms with Crippen LogP contribution in [0.5, 0.6) is 0 Å². The zero-order valence-corrected chi connectivity index (χ0v) is 13.0. The molecule has 3 fully saturated rings. The molecule has 1 aromatic carbocycles. The average molecular weight is 299 g/mol. The molecule has 2 N–H and O–H groups in total. The zero-order chi connectivity index (χ0) is 14.9. The third kappa shape index (κ3) is 2.98. The molecular weight excluding hydrogens is 274 g/mol. The Morgan fingerprint density at radius 3 is 2.27 bits per heavy atom. The first kappa shape index (κ1) is 14.1. The average Bonchev–Trinajstić information content (AvgIpc) is 3.31. The molecule has 0 spiro atoms. The van der Waals surface area contributed by atoms with Crippen molar-refractivity contribution < 1.29 is 4.79 Å². The van der Waals surface area contributed by atoms with Gasteiger partial charge in [-0.25, -0.2) is 4.79 Å². The van der Waals surface area contributed by atoms with Gasteiger partial charge >= 0.3 is 6.03 Å². The lowest BCUT2D eigenvalue weighted by Crippen LogP contribution is -2.58. The maximum Gasteiger partial charge on any atom is 0.319 e. The second kappa shape index (κ2) is 5.92. The summed E-state index contributed by atoms with van der Waals surface area (Å²) in [7, 11) is 0. The Labute approximate surface area is 132 Å². The van der Waals surface area contributed by atoms with Crippen molar-refractivity contribution in [2.45, 2.75) is 69.1 Å². The standard InChI is InChI=1S/C18H25N3O/c22-18(19-13-5-2-1-3-6-13)20-14-11-16-7-4-8-17(12-14)21(16)15-9-10-15/h1-3,5-6,14-17H,4,7-12H2,(H2,19,20,22)/t16-,17-/m1/s1. The number of piperidine rings is 2. The molecule has 22 heavy (non-hydrogen) atoms. The van der Waals surface area contributed by atoms with E-state index in [2.05, 4.69) is 15.5 Å². The van der Waals surface area contributed by atoms with E-state index in [-0.39, 0.29) is 6.03 Å². The molecule has 2 saturated heterocycles. The molecule has 2 amide bonds. The van der Waals surface area contributed by atoms with E-state index in [1.165, 1.54) is 32.1 Å². The second-order valence-corrected chi connectivity index (χ2v) is 7.05. The van der Waals surface area contributed by atoms with Gasteiger partial charge < -0.3 is 10.6 Å². The number of para-hydroxylation sites is 1. The Morgan fingerprint density at radius 1 is 0.955 bits per heavy atom. The Bertz CT molecular complexity index is 514. The molecule has 1 aliphatic carbocycles. The van der Waals surface area contributed by atoms with Crippen LogP contribution in [0.1, 0.15) is 44.9 Å². The summed E-state index contributed by atoms with van der Waals surface area (Å²) >= 11 is 0. The summed E-state index contributed by atoms with van der Waals surface area (Å²) in [6, 6.07) is 12.2. The van der Waals surface area contributed by atoms with Gasteiger partial charge in [-0.15, -0.1) is 0 Å². The van der Waals surface area contributed by atoms with Crippen LogP contribution in [-0.2, 0) is 0 Å². The van der Waals surface area contributed by atoms with Gasteiger partial charge in [-0.1, -0.05) is 24.6 Å². The van der Waals surface area contributed by atoms with Crippen LogP contribution < -0.4 is 10.6 Å². The van der Waals surface area contributed by atoms with Gasteiger partial charge in [0.15, 0.2) is 0 Å². The SMILES string of the molecule is O=C(Nc1ccccc1)NC1C[C@H]2CCC[C@H](C1)N2C1CC1. The van der Waals surface area contributed by atoms with Gasteiger partial charge in [-0.2, -0.15) is 0 Å². The Balaban J connectivity index is 1.35. The molecule has 3 aliphatic rings. The van der Waals surface area contributed by atoms with E-state index < -0.39 is 0 Å². The number of rotatable bonds is 3. The van der Waals surface area contributed by atoms with Gasteiger partial charge in [0.2, 0.25) is 0 Å². The molecule has 1 aromatic rings. The fraction of sp³-hybridized carbons (Fsp3) is 0.611. The third-order valence-corrected chi connectivity index (χ3v) is 5.37. The van der Waals surface area contributed by atoms with Gasteiger partial charge in [-0.05, 0) is 50.7 Å². The molecule has 1 saturated carbocycles. The summed E-state index contributed by atoms with van der Waals surface area (Å²) in [5, 5.41) is 6.14. The number of hydrogen-bond acceptors (Lipinski definition) is 2. The van der Waals surface area contributed by atoms with Crippen molar-refractivity contribution in [1.29, 1.82) is 0 Å². The number of anilines is 1. The summed E-state index contributed by atoms with van der Waals surface area (Å²) < 4.78 is 0. The second-order valence-electron chi connectivity index (χ2n) is 7.05. The number of benzene rings is 1. The van der Waals surface area contributed by atoms with Crippen LogP contribution in [0.2, 0.25) is 0 Å². The van der Waals surface area contributed by atoms with E-state index >= 15 is 0 Å². The van der Waals surface area contributed by atoms with E-state index in [9.17, 15) is 4.79 Å². The Morgan fingerprint density at radius 2 is 1.64 bits per heavy atom. The van der Waals surface area contributed by atoms with E-state index in [0.717, 1.165) is 24.6 Å². The molecular formula is C18H25N3O. The largest absolute Gasteiger partial charge is 0.335 e. The Kier molecular flexibility index (Phi) is 3.78. The summed E-state index contributed by atoms with van der Waals surface area (Å²) in [4.78, 5) is 15.0. The van der Waals surface area contributed by atoms with Crippen molar-refractivity contribution >= 4 is 11.7 Å². The highest BCUT2D eigenvalue weighted by molar-refractivity contribution is 5.89. The lowest BCUT2D eigenvalue weighted by Gasteiger charge is -2.49. The molecule has 2 bridgehead atoms. The van der Waals surface area contributed by atoms with Crippen molar-refractivity contribution in [3.63, 3.8) is 0 Å². The molecule has 0 radical (unpaired) electrons. The van der Waals surface area contributed by atoms with Gasteiger partial charge in [-0.3, -0.25) is 4.90 Å². The van der Waals surface area contributed by atoms with Crippen LogP contribution in [0.15, 0.2) is 30.3 Å². The van der Waals surface area contributed by atoms with E-state index in [0.29, 0.717) is 18.1 Å². The molecule has 118 valence electrons. The predicted octanol–water partition coefficient (Wildman–Crippen LogP) is 3.36. The monoisotopic (exact) mass is 299 g/mol. The third-order valence-electron chi connectivity index (χ3n) is 5.37. The van der Waals surface area contributed by atoms with Crippen LogP contribution in [0.25, 0.3) is 0 Å². The maximum absolute atomic E-state index is 12.2. The quantitative estimate of drug-likeness (QED) is 0.899. The van der Waals surface area contributed by atoms with Crippen LogP contribution in [0, 0.1) is 0 Å². The number of carbonyl (C=O) groups excluding carboxylic acids is 1. The minimum Gasteiger partial charge on any atom is -0.335 e. The zero-order valence-electron chi connectivity index (χ0n) is 13.0. The van der Waals surface area contributed by atoms with Crippen molar-refractivity contribution in [2.24, 2.45) is 0 Å². The topological polar surface area (TPSA) is 44.4 Å². The maximum atomic E-state index is 12.2. The summed E-state index contributed by atoms with van der Waals surface area (Å²) in [6.45, 7) is 0. The van der Waals surface area contributed by atoms with Crippen LogP contribution in [0.4, 0.5) is 10.5 Å². The number of amides is 2. The predicted molar refractivity (Wildman–Crippen MR) is 87.9 cm³/mol. The highest BCUT2D eigenvalue weighted by Gasteiger charge is 2.45. The van der Waals surface area contributed by atoms with Crippen molar-refractivity contribution in [3.8, 4) is 0 Å². The highest BCUT2D eigenvalue weighted by Crippen LogP contribution is 2.41. The minimum absolute atomic E-state index is 0.0610. The van der Waals surface area contributed by atoms with Crippen molar-refractivity contribution in [2.75, 3.05) is 5.32 Å². The van der Waals surface area contributed by atoms with E-state index in [4.69, 9.17) is 0 Å². The molecule has 0 unspecified atom stereocenters. The molecule has 2 aliphatic heterocycles.